The molecular formula is C15H14FN3. The molecule has 0 saturated carbocycles. The Morgan fingerprint density at radius 3 is 2.89 bits per heavy atom. The lowest BCUT2D eigenvalue weighted by atomic mass is 10.00. The van der Waals surface area contributed by atoms with Gasteiger partial charge in [0.25, 0.3) is 0 Å². The van der Waals surface area contributed by atoms with Gasteiger partial charge in [0.1, 0.15) is 11.9 Å². The molecule has 0 aliphatic heterocycles. The van der Waals surface area contributed by atoms with E-state index >= 15 is 0 Å². The fourth-order valence-electron chi connectivity index (χ4n) is 1.90. The molecule has 1 heterocycles. The molecule has 0 bridgehead atoms. The first-order chi connectivity index (χ1) is 9.24. The largest absolute Gasteiger partial charge is 0.313 e. The number of aromatic nitrogens is 1. The quantitative estimate of drug-likeness (QED) is 0.913. The molecule has 0 aliphatic carbocycles. The maximum absolute atomic E-state index is 13.3. The highest BCUT2D eigenvalue weighted by atomic mass is 19.1. The van der Waals surface area contributed by atoms with Gasteiger partial charge in [-0.3, -0.25) is 4.98 Å². The van der Waals surface area contributed by atoms with E-state index in [0.717, 1.165) is 23.2 Å². The summed E-state index contributed by atoms with van der Waals surface area (Å²) in [5, 5.41) is 12.1. The summed E-state index contributed by atoms with van der Waals surface area (Å²) >= 11 is 0. The molecule has 0 spiro atoms. The Bertz CT molecular complexity index is 617. The second kappa shape index (κ2) is 6.07. The number of halogens is 1. The van der Waals surface area contributed by atoms with Crippen LogP contribution in [-0.4, -0.2) is 11.5 Å². The van der Waals surface area contributed by atoms with E-state index in [1.165, 1.54) is 18.3 Å². The van der Waals surface area contributed by atoms with Crippen molar-refractivity contribution in [3.05, 3.63) is 53.6 Å². The third-order valence-corrected chi connectivity index (χ3v) is 2.81. The van der Waals surface area contributed by atoms with Crippen LogP contribution in [0.4, 0.5) is 4.39 Å². The van der Waals surface area contributed by atoms with Crippen LogP contribution in [-0.2, 0) is 6.54 Å². The molecule has 0 radical (unpaired) electrons. The first-order valence-electron chi connectivity index (χ1n) is 6.09. The van der Waals surface area contributed by atoms with E-state index < -0.39 is 0 Å². The van der Waals surface area contributed by atoms with Crippen molar-refractivity contribution in [3.8, 4) is 17.2 Å². The van der Waals surface area contributed by atoms with E-state index in [0.29, 0.717) is 12.1 Å². The lowest BCUT2D eigenvalue weighted by molar-refractivity contribution is 0.622. The number of rotatable bonds is 4. The first kappa shape index (κ1) is 13.2. The van der Waals surface area contributed by atoms with Crippen LogP contribution in [0, 0.1) is 17.1 Å². The molecule has 1 aromatic carbocycles. The van der Waals surface area contributed by atoms with Crippen molar-refractivity contribution in [3.63, 3.8) is 0 Å². The van der Waals surface area contributed by atoms with Gasteiger partial charge in [-0.2, -0.15) is 5.26 Å². The Balaban J connectivity index is 2.45. The minimum absolute atomic E-state index is 0.263. The van der Waals surface area contributed by atoms with Crippen molar-refractivity contribution < 1.29 is 4.39 Å². The van der Waals surface area contributed by atoms with E-state index in [1.807, 2.05) is 6.92 Å². The molecule has 3 nitrogen and oxygen atoms in total. The molecule has 2 aromatic rings. The smallest absolute Gasteiger partial charge is 0.123 e. The molecule has 0 atom stereocenters. The molecule has 0 unspecified atom stereocenters. The number of hydrogen-bond acceptors (Lipinski definition) is 3. The van der Waals surface area contributed by atoms with Gasteiger partial charge < -0.3 is 5.32 Å². The summed E-state index contributed by atoms with van der Waals surface area (Å²) in [6, 6.07) is 8.47. The minimum atomic E-state index is -0.263. The van der Waals surface area contributed by atoms with Crippen molar-refractivity contribution in [2.75, 3.05) is 6.54 Å². The van der Waals surface area contributed by atoms with Gasteiger partial charge in [0.05, 0.1) is 5.56 Å². The number of pyridine rings is 1. The van der Waals surface area contributed by atoms with Gasteiger partial charge in [-0.15, -0.1) is 0 Å². The summed E-state index contributed by atoms with van der Waals surface area (Å²) < 4.78 is 13.3. The summed E-state index contributed by atoms with van der Waals surface area (Å²) in [4.78, 5) is 4.04. The van der Waals surface area contributed by atoms with E-state index in [1.54, 1.807) is 18.3 Å². The summed E-state index contributed by atoms with van der Waals surface area (Å²) in [6.45, 7) is 3.39. The summed E-state index contributed by atoms with van der Waals surface area (Å²) in [6.07, 6.45) is 3.19. The Kier molecular flexibility index (Phi) is 4.22. The molecule has 0 fully saturated rings. The van der Waals surface area contributed by atoms with Crippen LogP contribution in [0.3, 0.4) is 0 Å². The summed E-state index contributed by atoms with van der Waals surface area (Å²) in [5.74, 6) is -0.263. The fourth-order valence-corrected chi connectivity index (χ4v) is 1.90. The zero-order chi connectivity index (χ0) is 13.7. The molecule has 1 N–H and O–H groups in total. The second-order valence-electron chi connectivity index (χ2n) is 4.16. The SMILES string of the molecule is CCNCc1cc(F)ccc1-c1cncc(C#N)c1. The van der Waals surface area contributed by atoms with Gasteiger partial charge in [-0.1, -0.05) is 13.0 Å². The Labute approximate surface area is 111 Å². The van der Waals surface area contributed by atoms with Gasteiger partial charge in [0.15, 0.2) is 0 Å². The van der Waals surface area contributed by atoms with Crippen molar-refractivity contribution in [2.24, 2.45) is 0 Å². The van der Waals surface area contributed by atoms with Crippen LogP contribution in [0.15, 0.2) is 36.7 Å². The fraction of sp³-hybridized carbons (Fsp3) is 0.200. The topological polar surface area (TPSA) is 48.7 Å². The van der Waals surface area contributed by atoms with E-state index in [9.17, 15) is 4.39 Å². The third kappa shape index (κ3) is 3.15. The zero-order valence-corrected chi connectivity index (χ0v) is 10.7. The normalized spacial score (nSPS) is 10.2. The Hall–Kier alpha value is -2.25. The van der Waals surface area contributed by atoms with E-state index in [2.05, 4.69) is 16.4 Å². The number of hydrogen-bond donors (Lipinski definition) is 1. The van der Waals surface area contributed by atoms with Crippen LogP contribution in [0.2, 0.25) is 0 Å². The van der Waals surface area contributed by atoms with Crippen LogP contribution >= 0.6 is 0 Å². The predicted octanol–water partition coefficient (Wildman–Crippen LogP) is 2.87. The molecule has 0 saturated heterocycles. The zero-order valence-electron chi connectivity index (χ0n) is 10.7. The molecule has 1 aromatic heterocycles. The lowest BCUT2D eigenvalue weighted by Gasteiger charge is -2.10. The lowest BCUT2D eigenvalue weighted by Crippen LogP contribution is -2.12. The van der Waals surface area contributed by atoms with E-state index in [4.69, 9.17) is 5.26 Å². The van der Waals surface area contributed by atoms with Crippen LogP contribution in [0.5, 0.6) is 0 Å². The van der Waals surface area contributed by atoms with Crippen LogP contribution in [0.25, 0.3) is 11.1 Å². The van der Waals surface area contributed by atoms with Gasteiger partial charge in [-0.25, -0.2) is 4.39 Å². The Morgan fingerprint density at radius 1 is 1.32 bits per heavy atom. The van der Waals surface area contributed by atoms with Gasteiger partial charge in [-0.05, 0) is 35.9 Å². The standard InChI is InChI=1S/C15H14FN3/c1-2-18-9-13-6-14(16)3-4-15(13)12-5-11(7-17)8-19-10-12/h3-6,8,10,18H,2,9H2,1H3. The highest BCUT2D eigenvalue weighted by Crippen LogP contribution is 2.24. The minimum Gasteiger partial charge on any atom is -0.313 e. The summed E-state index contributed by atoms with van der Waals surface area (Å²) in [7, 11) is 0. The van der Waals surface area contributed by atoms with Crippen molar-refractivity contribution >= 4 is 0 Å². The number of benzene rings is 1. The molecular weight excluding hydrogens is 241 g/mol. The average Bonchev–Trinajstić information content (AvgIpc) is 2.45. The maximum atomic E-state index is 13.3. The molecule has 0 amide bonds. The van der Waals surface area contributed by atoms with Gasteiger partial charge in [0.2, 0.25) is 0 Å². The third-order valence-electron chi connectivity index (χ3n) is 2.81. The van der Waals surface area contributed by atoms with Crippen molar-refractivity contribution in [2.45, 2.75) is 13.5 Å². The summed E-state index contributed by atoms with van der Waals surface area (Å²) in [5.41, 5.74) is 3.08. The van der Waals surface area contributed by atoms with Gasteiger partial charge >= 0.3 is 0 Å². The molecule has 96 valence electrons. The molecule has 2 rings (SSSR count). The monoisotopic (exact) mass is 255 g/mol. The average molecular weight is 255 g/mol. The van der Waals surface area contributed by atoms with Crippen LogP contribution in [0.1, 0.15) is 18.1 Å². The number of nitriles is 1. The van der Waals surface area contributed by atoms with Crippen molar-refractivity contribution in [1.82, 2.24) is 10.3 Å². The first-order valence-corrected chi connectivity index (χ1v) is 6.09. The van der Waals surface area contributed by atoms with Gasteiger partial charge in [0, 0.05) is 24.5 Å². The van der Waals surface area contributed by atoms with Crippen molar-refractivity contribution in [1.29, 1.82) is 5.26 Å². The highest BCUT2D eigenvalue weighted by molar-refractivity contribution is 5.67. The molecule has 0 aliphatic rings. The maximum Gasteiger partial charge on any atom is 0.123 e. The molecule has 4 heteroatoms. The number of nitrogens with zero attached hydrogens (tertiary/aromatic N) is 2. The molecule has 19 heavy (non-hydrogen) atoms. The van der Waals surface area contributed by atoms with Crippen LogP contribution < -0.4 is 5.32 Å². The second-order valence-corrected chi connectivity index (χ2v) is 4.16. The highest BCUT2D eigenvalue weighted by Gasteiger charge is 2.07. The Morgan fingerprint density at radius 2 is 2.16 bits per heavy atom. The van der Waals surface area contributed by atoms with E-state index in [-0.39, 0.29) is 5.82 Å². The predicted molar refractivity (Wildman–Crippen MR) is 71.7 cm³/mol. The number of nitrogens with one attached hydrogen (secondary N) is 1.